The molecule has 0 heterocycles. The van der Waals surface area contributed by atoms with Crippen LogP contribution in [0.3, 0.4) is 0 Å². The number of amides is 1. The van der Waals surface area contributed by atoms with Gasteiger partial charge in [0.25, 0.3) is 5.91 Å². The van der Waals surface area contributed by atoms with Gasteiger partial charge in [0.1, 0.15) is 0 Å². The third kappa shape index (κ3) is 5.82. The zero-order valence-electron chi connectivity index (χ0n) is 12.4. The average Bonchev–Trinajstić information content (AvgIpc) is 2.42. The second kappa shape index (κ2) is 7.02. The highest BCUT2D eigenvalue weighted by Crippen LogP contribution is 2.12. The molecular weight excluding hydrogens is 294 g/mol. The van der Waals surface area contributed by atoms with Crippen molar-refractivity contribution in [2.24, 2.45) is 0 Å². The summed E-state index contributed by atoms with van der Waals surface area (Å²) in [6, 6.07) is 5.78. The molecule has 0 spiro atoms. The van der Waals surface area contributed by atoms with Gasteiger partial charge in [-0.1, -0.05) is 6.07 Å². The molecule has 7 heteroatoms. The largest absolute Gasteiger partial charge is 0.388 e. The third-order valence-corrected chi connectivity index (χ3v) is 4.11. The summed E-state index contributed by atoms with van der Waals surface area (Å²) >= 11 is 0. The third-order valence-electron chi connectivity index (χ3n) is 3.00. The van der Waals surface area contributed by atoms with Crippen molar-refractivity contribution in [2.45, 2.75) is 23.8 Å². The fraction of sp³-hybridized carbons (Fsp3) is 0.500. The molecule has 0 bridgehead atoms. The van der Waals surface area contributed by atoms with E-state index in [-0.39, 0.29) is 17.0 Å². The zero-order valence-corrected chi connectivity index (χ0v) is 13.2. The second-order valence-corrected chi connectivity index (χ2v) is 7.24. The maximum Gasteiger partial charge on any atom is 0.251 e. The molecule has 1 atom stereocenters. The van der Waals surface area contributed by atoms with Gasteiger partial charge in [-0.05, 0) is 25.1 Å². The van der Waals surface area contributed by atoms with Gasteiger partial charge in [-0.25, -0.2) is 8.42 Å². The van der Waals surface area contributed by atoms with Crippen molar-refractivity contribution in [1.82, 2.24) is 5.32 Å². The molecule has 1 aromatic rings. The summed E-state index contributed by atoms with van der Waals surface area (Å²) in [7, 11) is -1.83. The first-order chi connectivity index (χ1) is 9.65. The smallest absolute Gasteiger partial charge is 0.251 e. The first-order valence-corrected chi connectivity index (χ1v) is 8.34. The number of sulfone groups is 1. The van der Waals surface area contributed by atoms with E-state index in [4.69, 9.17) is 4.74 Å². The fourth-order valence-corrected chi connectivity index (χ4v) is 2.32. The molecule has 6 nitrogen and oxygen atoms in total. The molecule has 1 aromatic carbocycles. The van der Waals surface area contributed by atoms with Crippen molar-refractivity contribution in [3.05, 3.63) is 29.8 Å². The van der Waals surface area contributed by atoms with Crippen LogP contribution < -0.4 is 5.32 Å². The Morgan fingerprint density at radius 3 is 2.67 bits per heavy atom. The number of carbonyl (C=O) groups excluding carboxylic acids is 1. The number of methoxy groups -OCH3 is 1. The molecule has 0 radical (unpaired) electrons. The van der Waals surface area contributed by atoms with Crippen LogP contribution in [0.5, 0.6) is 0 Å². The van der Waals surface area contributed by atoms with Gasteiger partial charge >= 0.3 is 0 Å². The summed E-state index contributed by atoms with van der Waals surface area (Å²) in [5.74, 6) is -0.432. The lowest BCUT2D eigenvalue weighted by Crippen LogP contribution is -2.41. The number of nitrogens with one attached hydrogen (secondary N) is 1. The zero-order chi connectivity index (χ0) is 16.1. The summed E-state index contributed by atoms with van der Waals surface area (Å²) in [5, 5.41) is 12.6. The van der Waals surface area contributed by atoms with Crippen LogP contribution in [0.25, 0.3) is 0 Å². The van der Waals surface area contributed by atoms with E-state index in [1.165, 1.54) is 31.4 Å². The number of rotatable bonds is 7. The first-order valence-electron chi connectivity index (χ1n) is 6.45. The maximum absolute atomic E-state index is 12.0. The van der Waals surface area contributed by atoms with Gasteiger partial charge in [0.2, 0.25) is 0 Å². The Labute approximate surface area is 125 Å². The Morgan fingerprint density at radius 2 is 2.10 bits per heavy atom. The van der Waals surface area contributed by atoms with E-state index >= 15 is 0 Å². The molecule has 1 unspecified atom stereocenters. The lowest BCUT2D eigenvalue weighted by atomic mass is 10.0. The lowest BCUT2D eigenvalue weighted by Gasteiger charge is -2.23. The van der Waals surface area contributed by atoms with Crippen molar-refractivity contribution in [2.75, 3.05) is 26.5 Å². The van der Waals surface area contributed by atoms with E-state index in [2.05, 4.69) is 5.32 Å². The van der Waals surface area contributed by atoms with Crippen molar-refractivity contribution < 1.29 is 23.1 Å². The van der Waals surface area contributed by atoms with Gasteiger partial charge in [0.15, 0.2) is 9.84 Å². The molecule has 0 fully saturated rings. The van der Waals surface area contributed by atoms with Crippen molar-refractivity contribution in [1.29, 1.82) is 0 Å². The van der Waals surface area contributed by atoms with Gasteiger partial charge in [-0.15, -0.1) is 0 Å². The minimum Gasteiger partial charge on any atom is -0.388 e. The summed E-state index contributed by atoms with van der Waals surface area (Å²) in [5.41, 5.74) is -0.847. The number of hydrogen-bond acceptors (Lipinski definition) is 5. The van der Waals surface area contributed by atoms with Crippen LogP contribution in [0, 0.1) is 0 Å². The van der Waals surface area contributed by atoms with E-state index in [1.807, 2.05) is 0 Å². The van der Waals surface area contributed by atoms with E-state index < -0.39 is 21.3 Å². The predicted octanol–water partition coefficient (Wildman–Crippen LogP) is 0.607. The van der Waals surface area contributed by atoms with Gasteiger partial charge in [0.05, 0.1) is 10.5 Å². The number of carbonyl (C=O) groups is 1. The van der Waals surface area contributed by atoms with Crippen LogP contribution in [0.1, 0.15) is 23.7 Å². The van der Waals surface area contributed by atoms with Crippen molar-refractivity contribution in [3.63, 3.8) is 0 Å². The van der Waals surface area contributed by atoms with Gasteiger partial charge in [-0.3, -0.25) is 4.79 Å². The Morgan fingerprint density at radius 1 is 1.43 bits per heavy atom. The topological polar surface area (TPSA) is 92.7 Å². The molecule has 0 aromatic heterocycles. The average molecular weight is 315 g/mol. The molecule has 118 valence electrons. The summed E-state index contributed by atoms with van der Waals surface area (Å²) < 4.78 is 27.8. The van der Waals surface area contributed by atoms with Crippen LogP contribution in [0.15, 0.2) is 29.2 Å². The Bertz CT molecular complexity index is 595. The van der Waals surface area contributed by atoms with E-state index in [1.54, 1.807) is 6.92 Å². The molecule has 0 aliphatic heterocycles. The monoisotopic (exact) mass is 315 g/mol. The minimum absolute atomic E-state index is 0.0539. The van der Waals surface area contributed by atoms with E-state index in [9.17, 15) is 18.3 Å². The fourth-order valence-electron chi connectivity index (χ4n) is 1.65. The quantitative estimate of drug-likeness (QED) is 0.769. The Balaban J connectivity index is 2.73. The standard InChI is InChI=1S/C14H21NO5S/c1-14(17,7-8-20-2)10-15-13(16)11-5-4-6-12(9-11)21(3,18)19/h4-6,9,17H,7-8,10H2,1-3H3,(H,15,16). The Kier molecular flexibility index (Phi) is 5.88. The molecule has 0 saturated heterocycles. The molecule has 0 aliphatic carbocycles. The van der Waals surface area contributed by atoms with Crippen molar-refractivity contribution in [3.8, 4) is 0 Å². The highest BCUT2D eigenvalue weighted by molar-refractivity contribution is 7.90. The SMILES string of the molecule is COCCC(C)(O)CNC(=O)c1cccc(S(C)(=O)=O)c1. The Hall–Kier alpha value is -1.44. The second-order valence-electron chi connectivity index (χ2n) is 5.22. The van der Waals surface area contributed by atoms with Crippen LogP contribution in [-0.2, 0) is 14.6 Å². The van der Waals surface area contributed by atoms with E-state index in [0.29, 0.717) is 13.0 Å². The molecule has 0 saturated carbocycles. The maximum atomic E-state index is 12.0. The summed E-state index contributed by atoms with van der Waals surface area (Å²) in [6.07, 6.45) is 1.46. The van der Waals surface area contributed by atoms with Crippen LogP contribution in [-0.4, -0.2) is 51.5 Å². The molecule has 2 N–H and O–H groups in total. The number of aliphatic hydroxyl groups is 1. The molecular formula is C14H21NO5S. The van der Waals surface area contributed by atoms with Gasteiger partial charge < -0.3 is 15.2 Å². The van der Waals surface area contributed by atoms with E-state index in [0.717, 1.165) is 6.26 Å². The van der Waals surface area contributed by atoms with Crippen molar-refractivity contribution >= 4 is 15.7 Å². The van der Waals surface area contributed by atoms with Crippen LogP contribution >= 0.6 is 0 Å². The summed E-state index contributed by atoms with van der Waals surface area (Å²) in [4.78, 5) is 12.1. The predicted molar refractivity (Wildman–Crippen MR) is 79.0 cm³/mol. The highest BCUT2D eigenvalue weighted by Gasteiger charge is 2.21. The van der Waals surface area contributed by atoms with Crippen LogP contribution in [0.2, 0.25) is 0 Å². The number of ether oxygens (including phenoxy) is 1. The molecule has 0 aliphatic rings. The minimum atomic E-state index is -3.36. The molecule has 21 heavy (non-hydrogen) atoms. The molecule has 1 rings (SSSR count). The van der Waals surface area contributed by atoms with Gasteiger partial charge in [0, 0.05) is 38.5 Å². The number of benzene rings is 1. The molecule has 1 amide bonds. The summed E-state index contributed by atoms with van der Waals surface area (Å²) in [6.45, 7) is 2.03. The van der Waals surface area contributed by atoms with Gasteiger partial charge in [-0.2, -0.15) is 0 Å². The number of hydrogen-bond donors (Lipinski definition) is 2. The van der Waals surface area contributed by atoms with Crippen LogP contribution in [0.4, 0.5) is 0 Å². The first kappa shape index (κ1) is 17.6. The highest BCUT2D eigenvalue weighted by atomic mass is 32.2. The lowest BCUT2D eigenvalue weighted by molar-refractivity contribution is 0.0243. The normalized spacial score (nSPS) is 14.5.